The summed E-state index contributed by atoms with van der Waals surface area (Å²) in [5.74, 6) is 0. The van der Waals surface area contributed by atoms with Crippen molar-refractivity contribution in [1.29, 1.82) is 0 Å². The Hall–Kier alpha value is -1.92. The minimum atomic E-state index is 0.843. The molecule has 3 heterocycles. The van der Waals surface area contributed by atoms with E-state index in [0.717, 1.165) is 27.6 Å². The molecule has 0 aliphatic carbocycles. The minimum absolute atomic E-state index is 0.843. The highest BCUT2D eigenvalue weighted by molar-refractivity contribution is 8.00. The van der Waals surface area contributed by atoms with Crippen LogP contribution in [0.3, 0.4) is 0 Å². The molecule has 4 nitrogen and oxygen atoms in total. The van der Waals surface area contributed by atoms with E-state index in [-0.39, 0.29) is 0 Å². The maximum Gasteiger partial charge on any atom is 0.150 e. The van der Waals surface area contributed by atoms with Crippen LogP contribution in [-0.2, 0) is 6.42 Å². The Bertz CT molecular complexity index is 926. The molecule has 0 saturated carbocycles. The molecule has 104 valence electrons. The molecule has 0 N–H and O–H groups in total. The van der Waals surface area contributed by atoms with Crippen LogP contribution >= 0.6 is 23.1 Å². The van der Waals surface area contributed by atoms with Crippen LogP contribution in [0.15, 0.2) is 47.3 Å². The summed E-state index contributed by atoms with van der Waals surface area (Å²) in [6, 6.07) is 8.38. The summed E-state index contributed by atoms with van der Waals surface area (Å²) in [4.78, 5) is 13.1. The van der Waals surface area contributed by atoms with Gasteiger partial charge in [0.15, 0.2) is 4.34 Å². The topological polar surface area (TPSA) is 43.1 Å². The number of nitrogens with zero attached hydrogens (tertiary/aromatic N) is 4. The third kappa shape index (κ3) is 2.30. The fourth-order valence-corrected chi connectivity index (χ4v) is 3.92. The van der Waals surface area contributed by atoms with E-state index < -0.39 is 0 Å². The summed E-state index contributed by atoms with van der Waals surface area (Å²) in [6.45, 7) is 0. The van der Waals surface area contributed by atoms with Gasteiger partial charge in [-0.1, -0.05) is 17.8 Å². The SMILES string of the molecule is CSc1nc2ccc(Cc3cnc4ccncn34)cc2s1. The number of hydrogen-bond donors (Lipinski definition) is 0. The summed E-state index contributed by atoms with van der Waals surface area (Å²) >= 11 is 3.44. The van der Waals surface area contributed by atoms with Gasteiger partial charge >= 0.3 is 0 Å². The van der Waals surface area contributed by atoms with Crippen molar-refractivity contribution in [2.24, 2.45) is 0 Å². The Morgan fingerprint density at radius 2 is 2.24 bits per heavy atom. The largest absolute Gasteiger partial charge is 0.287 e. The van der Waals surface area contributed by atoms with Crippen LogP contribution in [0, 0.1) is 0 Å². The van der Waals surface area contributed by atoms with Gasteiger partial charge < -0.3 is 0 Å². The number of fused-ring (bicyclic) bond motifs is 2. The first-order valence-electron chi connectivity index (χ1n) is 6.53. The Labute approximate surface area is 129 Å². The number of benzene rings is 1. The molecule has 6 heteroatoms. The average molecular weight is 312 g/mol. The van der Waals surface area contributed by atoms with Gasteiger partial charge in [-0.15, -0.1) is 11.3 Å². The second-order valence-electron chi connectivity index (χ2n) is 4.72. The number of imidazole rings is 1. The van der Waals surface area contributed by atoms with E-state index in [1.807, 2.05) is 23.0 Å². The smallest absolute Gasteiger partial charge is 0.150 e. The van der Waals surface area contributed by atoms with Gasteiger partial charge in [-0.25, -0.2) is 15.0 Å². The third-order valence-corrected chi connectivity index (χ3v) is 5.39. The molecule has 0 fully saturated rings. The van der Waals surface area contributed by atoms with Crippen LogP contribution in [0.25, 0.3) is 15.9 Å². The lowest BCUT2D eigenvalue weighted by molar-refractivity contribution is 0.988. The van der Waals surface area contributed by atoms with Gasteiger partial charge in [-0.2, -0.15) is 0 Å². The molecular formula is C15H12N4S2. The lowest BCUT2D eigenvalue weighted by atomic mass is 10.1. The van der Waals surface area contributed by atoms with Crippen molar-refractivity contribution >= 4 is 39.0 Å². The predicted octanol–water partition coefficient (Wildman–Crippen LogP) is 3.65. The standard InChI is InChI=1S/C15H12N4S2/c1-20-15-18-12-3-2-10(7-13(12)21-15)6-11-8-17-14-4-5-16-9-19(11)14/h2-5,7-9H,6H2,1H3. The minimum Gasteiger partial charge on any atom is -0.287 e. The van der Waals surface area contributed by atoms with E-state index >= 15 is 0 Å². The van der Waals surface area contributed by atoms with Crippen LogP contribution in [-0.4, -0.2) is 25.6 Å². The fourth-order valence-electron chi connectivity index (χ4n) is 2.37. The first kappa shape index (κ1) is 12.8. The molecule has 0 radical (unpaired) electrons. The molecule has 4 rings (SSSR count). The van der Waals surface area contributed by atoms with Crippen molar-refractivity contribution in [2.75, 3.05) is 6.26 Å². The molecule has 0 aliphatic rings. The Kier molecular flexibility index (Phi) is 3.12. The van der Waals surface area contributed by atoms with Crippen molar-refractivity contribution in [1.82, 2.24) is 19.4 Å². The second-order valence-corrected chi connectivity index (χ2v) is 6.80. The zero-order chi connectivity index (χ0) is 14.2. The third-order valence-electron chi connectivity index (χ3n) is 3.39. The molecule has 0 spiro atoms. The molecule has 0 amide bonds. The lowest BCUT2D eigenvalue weighted by Gasteiger charge is -2.01. The van der Waals surface area contributed by atoms with E-state index in [2.05, 4.69) is 39.4 Å². The number of aromatic nitrogens is 4. The van der Waals surface area contributed by atoms with Gasteiger partial charge in [0, 0.05) is 24.5 Å². The highest BCUT2D eigenvalue weighted by Gasteiger charge is 2.07. The van der Waals surface area contributed by atoms with Crippen molar-refractivity contribution < 1.29 is 0 Å². The van der Waals surface area contributed by atoms with Crippen molar-refractivity contribution in [3.8, 4) is 0 Å². The predicted molar refractivity (Wildman–Crippen MR) is 87.2 cm³/mol. The van der Waals surface area contributed by atoms with Gasteiger partial charge in [-0.05, 0) is 30.0 Å². The van der Waals surface area contributed by atoms with E-state index in [1.165, 1.54) is 10.3 Å². The molecule has 0 unspecified atom stereocenters. The Balaban J connectivity index is 1.73. The molecule has 0 bridgehead atoms. The highest BCUT2D eigenvalue weighted by Crippen LogP contribution is 2.29. The first-order chi connectivity index (χ1) is 10.3. The summed E-state index contributed by atoms with van der Waals surface area (Å²) in [7, 11) is 0. The molecule has 0 saturated heterocycles. The summed E-state index contributed by atoms with van der Waals surface area (Å²) in [6.07, 6.45) is 8.40. The molecule has 3 aromatic heterocycles. The van der Waals surface area contributed by atoms with E-state index in [4.69, 9.17) is 0 Å². The van der Waals surface area contributed by atoms with Crippen LogP contribution in [0.1, 0.15) is 11.3 Å². The molecule has 1 aromatic carbocycles. The highest BCUT2D eigenvalue weighted by atomic mass is 32.2. The molecule has 0 aliphatic heterocycles. The maximum absolute atomic E-state index is 4.57. The van der Waals surface area contributed by atoms with Gasteiger partial charge in [0.25, 0.3) is 0 Å². The molecule has 0 atom stereocenters. The van der Waals surface area contributed by atoms with Crippen LogP contribution in [0.4, 0.5) is 0 Å². The monoisotopic (exact) mass is 312 g/mol. The quantitative estimate of drug-likeness (QED) is 0.542. The van der Waals surface area contributed by atoms with Gasteiger partial charge in [0.05, 0.1) is 10.2 Å². The number of rotatable bonds is 3. The molecule has 4 aromatic rings. The van der Waals surface area contributed by atoms with Crippen molar-refractivity contribution in [2.45, 2.75) is 10.8 Å². The van der Waals surface area contributed by atoms with E-state index in [0.29, 0.717) is 0 Å². The number of thiazole rings is 1. The van der Waals surface area contributed by atoms with Crippen LogP contribution in [0.2, 0.25) is 0 Å². The average Bonchev–Trinajstić information content (AvgIpc) is 3.11. The second kappa shape index (κ2) is 5.13. The van der Waals surface area contributed by atoms with Crippen LogP contribution < -0.4 is 0 Å². The number of thioether (sulfide) groups is 1. The van der Waals surface area contributed by atoms with Crippen molar-refractivity contribution in [3.05, 3.63) is 54.2 Å². The van der Waals surface area contributed by atoms with Crippen molar-refractivity contribution in [3.63, 3.8) is 0 Å². The number of hydrogen-bond acceptors (Lipinski definition) is 5. The zero-order valence-electron chi connectivity index (χ0n) is 11.4. The molecular weight excluding hydrogens is 300 g/mol. The Morgan fingerprint density at radius 3 is 3.14 bits per heavy atom. The maximum atomic E-state index is 4.57. The van der Waals surface area contributed by atoms with E-state index in [1.54, 1.807) is 29.3 Å². The van der Waals surface area contributed by atoms with Gasteiger partial charge in [0.2, 0.25) is 0 Å². The first-order valence-corrected chi connectivity index (χ1v) is 8.57. The zero-order valence-corrected chi connectivity index (χ0v) is 13.0. The van der Waals surface area contributed by atoms with Gasteiger partial charge in [0.1, 0.15) is 12.0 Å². The van der Waals surface area contributed by atoms with Crippen LogP contribution in [0.5, 0.6) is 0 Å². The summed E-state index contributed by atoms with van der Waals surface area (Å²) < 4.78 is 4.38. The lowest BCUT2D eigenvalue weighted by Crippen LogP contribution is -1.94. The van der Waals surface area contributed by atoms with E-state index in [9.17, 15) is 0 Å². The fraction of sp³-hybridized carbons (Fsp3) is 0.133. The normalized spacial score (nSPS) is 11.5. The molecule has 21 heavy (non-hydrogen) atoms. The summed E-state index contributed by atoms with van der Waals surface area (Å²) in [5.41, 5.74) is 4.42. The van der Waals surface area contributed by atoms with Gasteiger partial charge in [-0.3, -0.25) is 4.40 Å². The summed E-state index contributed by atoms with van der Waals surface area (Å²) in [5, 5.41) is 0. The Morgan fingerprint density at radius 1 is 1.29 bits per heavy atom.